The smallest absolute Gasteiger partial charge is 0.194 e. The fraction of sp³-hybridized carbons (Fsp3) is 0.650. The van der Waals surface area contributed by atoms with Gasteiger partial charge in [0.05, 0.1) is 32.5 Å². The van der Waals surface area contributed by atoms with E-state index in [-0.39, 0.29) is 6.61 Å². The molecule has 0 radical (unpaired) electrons. The Kier molecular flexibility index (Phi) is 9.45. The van der Waals surface area contributed by atoms with E-state index >= 15 is 0 Å². The van der Waals surface area contributed by atoms with E-state index in [9.17, 15) is 5.11 Å². The van der Waals surface area contributed by atoms with Gasteiger partial charge in [-0.25, -0.2) is 0 Å². The van der Waals surface area contributed by atoms with E-state index < -0.39 is 6.10 Å². The SMILES string of the molecule is CCNC(=NCC(O)COCc1ccccc1)N1CCC(COCC)C1. The molecule has 1 aromatic carbocycles. The van der Waals surface area contributed by atoms with Crippen LogP contribution in [0.15, 0.2) is 35.3 Å². The quantitative estimate of drug-likeness (QED) is 0.491. The predicted molar refractivity (Wildman–Crippen MR) is 104 cm³/mol. The second-order valence-electron chi connectivity index (χ2n) is 6.61. The van der Waals surface area contributed by atoms with Gasteiger partial charge in [-0.2, -0.15) is 0 Å². The molecule has 146 valence electrons. The molecular formula is C20H33N3O3. The van der Waals surface area contributed by atoms with Crippen molar-refractivity contribution in [1.82, 2.24) is 10.2 Å². The maximum Gasteiger partial charge on any atom is 0.194 e. The zero-order valence-electron chi connectivity index (χ0n) is 16.1. The van der Waals surface area contributed by atoms with Gasteiger partial charge >= 0.3 is 0 Å². The van der Waals surface area contributed by atoms with Gasteiger partial charge in [0, 0.05) is 32.2 Å². The molecule has 26 heavy (non-hydrogen) atoms. The Hall–Kier alpha value is -1.63. The molecule has 6 heteroatoms. The first-order chi connectivity index (χ1) is 12.7. The summed E-state index contributed by atoms with van der Waals surface area (Å²) < 4.78 is 11.1. The van der Waals surface area contributed by atoms with Gasteiger partial charge < -0.3 is 24.8 Å². The van der Waals surface area contributed by atoms with Gasteiger partial charge in [0.15, 0.2) is 5.96 Å². The minimum atomic E-state index is -0.603. The Morgan fingerprint density at radius 1 is 1.31 bits per heavy atom. The fourth-order valence-corrected chi connectivity index (χ4v) is 3.00. The molecule has 2 atom stereocenters. The van der Waals surface area contributed by atoms with Gasteiger partial charge in [-0.1, -0.05) is 30.3 Å². The Morgan fingerprint density at radius 2 is 2.12 bits per heavy atom. The van der Waals surface area contributed by atoms with E-state index in [4.69, 9.17) is 9.47 Å². The molecule has 0 spiro atoms. The highest BCUT2D eigenvalue weighted by Gasteiger charge is 2.25. The molecule has 1 aliphatic heterocycles. The van der Waals surface area contributed by atoms with Crippen molar-refractivity contribution in [3.05, 3.63) is 35.9 Å². The number of benzene rings is 1. The first kappa shape index (κ1) is 20.7. The number of hydrogen-bond donors (Lipinski definition) is 2. The number of aliphatic hydroxyl groups is 1. The minimum absolute atomic E-state index is 0.283. The number of aliphatic hydroxyl groups excluding tert-OH is 1. The maximum absolute atomic E-state index is 10.2. The lowest BCUT2D eigenvalue weighted by Gasteiger charge is -2.22. The summed E-state index contributed by atoms with van der Waals surface area (Å²) in [6.07, 6.45) is 0.516. The summed E-state index contributed by atoms with van der Waals surface area (Å²) in [7, 11) is 0. The molecule has 0 aromatic heterocycles. The van der Waals surface area contributed by atoms with Crippen LogP contribution < -0.4 is 5.32 Å². The van der Waals surface area contributed by atoms with Crippen molar-refractivity contribution in [2.24, 2.45) is 10.9 Å². The van der Waals surface area contributed by atoms with Crippen molar-refractivity contribution in [2.75, 3.05) is 46.0 Å². The molecule has 1 fully saturated rings. The van der Waals surface area contributed by atoms with E-state index in [2.05, 4.69) is 22.1 Å². The molecule has 2 rings (SSSR count). The second-order valence-corrected chi connectivity index (χ2v) is 6.61. The van der Waals surface area contributed by atoms with Crippen LogP contribution in [0.25, 0.3) is 0 Å². The largest absolute Gasteiger partial charge is 0.389 e. The molecule has 1 saturated heterocycles. The molecule has 1 aliphatic rings. The van der Waals surface area contributed by atoms with Crippen LogP contribution in [-0.4, -0.2) is 68.1 Å². The summed E-state index contributed by atoms with van der Waals surface area (Å²) in [6.45, 7) is 9.52. The van der Waals surface area contributed by atoms with Crippen LogP contribution in [0.5, 0.6) is 0 Å². The number of hydrogen-bond acceptors (Lipinski definition) is 4. The summed E-state index contributed by atoms with van der Waals surface area (Å²) in [5, 5.41) is 13.5. The third-order valence-corrected chi connectivity index (χ3v) is 4.35. The molecule has 0 saturated carbocycles. The molecular weight excluding hydrogens is 330 g/mol. The Bertz CT molecular complexity index is 524. The average Bonchev–Trinajstić information content (AvgIpc) is 3.13. The summed E-state index contributed by atoms with van der Waals surface area (Å²) in [5.74, 6) is 1.42. The first-order valence-corrected chi connectivity index (χ1v) is 9.63. The third kappa shape index (κ3) is 7.32. The van der Waals surface area contributed by atoms with Crippen LogP contribution in [-0.2, 0) is 16.1 Å². The number of ether oxygens (including phenoxy) is 2. The van der Waals surface area contributed by atoms with Gasteiger partial charge in [0.2, 0.25) is 0 Å². The Morgan fingerprint density at radius 3 is 2.85 bits per heavy atom. The number of nitrogens with one attached hydrogen (secondary N) is 1. The number of likely N-dealkylation sites (tertiary alicyclic amines) is 1. The zero-order chi connectivity index (χ0) is 18.6. The molecule has 2 unspecified atom stereocenters. The standard InChI is InChI=1S/C20H33N3O3/c1-3-21-20(23-11-10-18(13-23)15-25-4-2)22-12-19(24)16-26-14-17-8-6-5-7-9-17/h5-9,18-19,24H,3-4,10-16H2,1-2H3,(H,21,22). The second kappa shape index (κ2) is 11.9. The number of guanidine groups is 1. The Balaban J connectivity index is 1.75. The Labute approximate surface area is 157 Å². The van der Waals surface area contributed by atoms with E-state index in [1.807, 2.05) is 37.3 Å². The molecule has 1 heterocycles. The van der Waals surface area contributed by atoms with Crippen molar-refractivity contribution >= 4 is 5.96 Å². The highest BCUT2D eigenvalue weighted by molar-refractivity contribution is 5.80. The lowest BCUT2D eigenvalue weighted by molar-refractivity contribution is 0.0330. The highest BCUT2D eigenvalue weighted by atomic mass is 16.5. The molecule has 0 aliphatic carbocycles. The first-order valence-electron chi connectivity index (χ1n) is 9.63. The van der Waals surface area contributed by atoms with Gasteiger partial charge in [-0.05, 0) is 25.8 Å². The van der Waals surface area contributed by atoms with Crippen LogP contribution in [0.1, 0.15) is 25.8 Å². The average molecular weight is 364 g/mol. The van der Waals surface area contributed by atoms with Crippen LogP contribution in [0.2, 0.25) is 0 Å². The summed E-state index contributed by atoms with van der Waals surface area (Å²) >= 11 is 0. The highest BCUT2D eigenvalue weighted by Crippen LogP contribution is 2.16. The third-order valence-electron chi connectivity index (χ3n) is 4.35. The molecule has 2 N–H and O–H groups in total. The van der Waals surface area contributed by atoms with Gasteiger partial charge in [-0.15, -0.1) is 0 Å². The van der Waals surface area contributed by atoms with Crippen LogP contribution in [0.4, 0.5) is 0 Å². The minimum Gasteiger partial charge on any atom is -0.389 e. The monoisotopic (exact) mass is 363 g/mol. The normalized spacial score (nSPS) is 19.0. The topological polar surface area (TPSA) is 66.3 Å². The lowest BCUT2D eigenvalue weighted by Crippen LogP contribution is -2.41. The van der Waals surface area contributed by atoms with E-state index in [0.29, 0.717) is 19.1 Å². The molecule has 0 amide bonds. The maximum atomic E-state index is 10.2. The van der Waals surface area contributed by atoms with Crippen molar-refractivity contribution in [3.63, 3.8) is 0 Å². The summed E-state index contributed by atoms with van der Waals surface area (Å²) in [4.78, 5) is 6.85. The van der Waals surface area contributed by atoms with Gasteiger partial charge in [-0.3, -0.25) is 4.99 Å². The van der Waals surface area contributed by atoms with Crippen molar-refractivity contribution < 1.29 is 14.6 Å². The fourth-order valence-electron chi connectivity index (χ4n) is 3.00. The number of aliphatic imine (C=N–C) groups is 1. The van der Waals surface area contributed by atoms with Crippen LogP contribution in [0, 0.1) is 5.92 Å². The molecule has 6 nitrogen and oxygen atoms in total. The van der Waals surface area contributed by atoms with Crippen LogP contribution >= 0.6 is 0 Å². The summed E-state index contributed by atoms with van der Waals surface area (Å²) in [5.41, 5.74) is 1.11. The molecule has 0 bridgehead atoms. The number of rotatable bonds is 10. The van der Waals surface area contributed by atoms with Gasteiger partial charge in [0.1, 0.15) is 0 Å². The lowest BCUT2D eigenvalue weighted by atomic mass is 10.1. The van der Waals surface area contributed by atoms with Crippen molar-refractivity contribution in [1.29, 1.82) is 0 Å². The van der Waals surface area contributed by atoms with Crippen molar-refractivity contribution in [3.8, 4) is 0 Å². The van der Waals surface area contributed by atoms with Crippen molar-refractivity contribution in [2.45, 2.75) is 33.0 Å². The van der Waals surface area contributed by atoms with E-state index in [1.54, 1.807) is 0 Å². The van der Waals surface area contributed by atoms with E-state index in [0.717, 1.165) is 50.8 Å². The van der Waals surface area contributed by atoms with Crippen LogP contribution in [0.3, 0.4) is 0 Å². The predicted octanol–water partition coefficient (Wildman–Crippen LogP) is 1.89. The van der Waals surface area contributed by atoms with Gasteiger partial charge in [0.25, 0.3) is 0 Å². The summed E-state index contributed by atoms with van der Waals surface area (Å²) in [6, 6.07) is 9.97. The zero-order valence-corrected chi connectivity index (χ0v) is 16.1. The molecule has 1 aromatic rings. The number of nitrogens with zero attached hydrogens (tertiary/aromatic N) is 2. The van der Waals surface area contributed by atoms with E-state index in [1.165, 1.54) is 0 Å².